The first-order valence-corrected chi connectivity index (χ1v) is 9.71. The minimum Gasteiger partial charge on any atom is -0.493 e. The van der Waals surface area contributed by atoms with Crippen LogP contribution in [0.2, 0.25) is 0 Å². The predicted octanol–water partition coefficient (Wildman–Crippen LogP) is 3.70. The summed E-state index contributed by atoms with van der Waals surface area (Å²) < 4.78 is 21.0. The Balaban J connectivity index is 1.38. The Morgan fingerprint density at radius 2 is 1.87 bits per heavy atom. The van der Waals surface area contributed by atoms with Crippen LogP contribution >= 0.6 is 0 Å². The highest BCUT2D eigenvalue weighted by atomic mass is 16.6. The van der Waals surface area contributed by atoms with Gasteiger partial charge in [-0.25, -0.2) is 4.79 Å². The van der Waals surface area contributed by atoms with Gasteiger partial charge in [0, 0.05) is 24.2 Å². The molecule has 0 saturated heterocycles. The Morgan fingerprint density at radius 3 is 2.55 bits per heavy atom. The molecule has 4 rings (SSSR count). The molecule has 1 aliphatic rings. The number of hydrogen-bond acceptors (Lipinski definition) is 9. The van der Waals surface area contributed by atoms with Crippen molar-refractivity contribution in [1.82, 2.24) is 10.1 Å². The van der Waals surface area contributed by atoms with Gasteiger partial charge in [-0.05, 0) is 49.4 Å². The van der Waals surface area contributed by atoms with Crippen LogP contribution in [0.4, 0.5) is 5.69 Å². The Labute approximate surface area is 179 Å². The molecule has 2 heterocycles. The number of ether oxygens (including phenoxy) is 3. The second-order valence-electron chi connectivity index (χ2n) is 6.91. The summed E-state index contributed by atoms with van der Waals surface area (Å²) in [4.78, 5) is 16.6. The Kier molecular flexibility index (Phi) is 5.83. The molecule has 0 unspecified atom stereocenters. The number of esters is 1. The molecule has 1 aliphatic heterocycles. The topological polar surface area (TPSA) is 99.3 Å². The van der Waals surface area contributed by atoms with Crippen molar-refractivity contribution < 1.29 is 23.5 Å². The second kappa shape index (κ2) is 8.86. The number of carbonyl (C=O) groups is 1. The van der Waals surface area contributed by atoms with E-state index in [1.807, 2.05) is 24.1 Å². The van der Waals surface area contributed by atoms with Crippen LogP contribution in [0, 0.1) is 0 Å². The van der Waals surface area contributed by atoms with Crippen molar-refractivity contribution in [2.75, 3.05) is 25.8 Å². The number of nitrogens with zero attached hydrogens (tertiary/aromatic N) is 4. The van der Waals surface area contributed by atoms with E-state index in [0.29, 0.717) is 28.5 Å². The highest BCUT2D eigenvalue weighted by Crippen LogP contribution is 2.31. The molecule has 0 spiro atoms. The van der Waals surface area contributed by atoms with Crippen molar-refractivity contribution in [1.29, 1.82) is 0 Å². The zero-order valence-electron chi connectivity index (χ0n) is 17.5. The van der Waals surface area contributed by atoms with Crippen LogP contribution in [0.25, 0.3) is 11.4 Å². The van der Waals surface area contributed by atoms with Gasteiger partial charge in [0.2, 0.25) is 5.82 Å². The van der Waals surface area contributed by atoms with Crippen molar-refractivity contribution in [3.05, 3.63) is 53.9 Å². The fourth-order valence-electron chi connectivity index (χ4n) is 3.15. The number of aromatic nitrogens is 2. The molecule has 0 bridgehead atoms. The van der Waals surface area contributed by atoms with Crippen molar-refractivity contribution in [3.8, 4) is 22.9 Å². The lowest BCUT2D eigenvalue weighted by atomic mass is 10.2. The van der Waals surface area contributed by atoms with E-state index in [0.717, 1.165) is 24.4 Å². The first-order valence-electron chi connectivity index (χ1n) is 9.71. The third-order valence-corrected chi connectivity index (χ3v) is 4.81. The van der Waals surface area contributed by atoms with E-state index >= 15 is 0 Å². The molecule has 1 aromatic heterocycles. The summed E-state index contributed by atoms with van der Waals surface area (Å²) in [5.41, 5.74) is 3.15. The molecule has 0 amide bonds. The van der Waals surface area contributed by atoms with Crippen LogP contribution in [0.5, 0.6) is 11.5 Å². The van der Waals surface area contributed by atoms with E-state index in [-0.39, 0.29) is 12.5 Å². The lowest BCUT2D eigenvalue weighted by Gasteiger charge is -2.13. The lowest BCUT2D eigenvalue weighted by Crippen LogP contribution is -2.12. The molecule has 0 aliphatic carbocycles. The maximum Gasteiger partial charge on any atom is 0.338 e. The lowest BCUT2D eigenvalue weighted by molar-refractivity contribution is 0.0430. The average molecular weight is 422 g/mol. The largest absolute Gasteiger partial charge is 0.493 e. The van der Waals surface area contributed by atoms with E-state index in [9.17, 15) is 4.79 Å². The molecular formula is C22H22N4O5. The third-order valence-electron chi connectivity index (χ3n) is 4.81. The van der Waals surface area contributed by atoms with Gasteiger partial charge >= 0.3 is 5.97 Å². The van der Waals surface area contributed by atoms with Crippen LogP contribution in [-0.2, 0) is 11.3 Å². The Hall–Kier alpha value is -3.88. The van der Waals surface area contributed by atoms with E-state index in [1.54, 1.807) is 44.6 Å². The van der Waals surface area contributed by atoms with Crippen LogP contribution in [0.15, 0.2) is 52.1 Å². The maximum atomic E-state index is 12.3. The summed E-state index contributed by atoms with van der Waals surface area (Å²) in [5, 5.41) is 10.3. The summed E-state index contributed by atoms with van der Waals surface area (Å²) in [6, 6.07) is 12.4. The van der Waals surface area contributed by atoms with Crippen LogP contribution < -0.4 is 14.5 Å². The van der Waals surface area contributed by atoms with Crippen LogP contribution in [-0.4, -0.2) is 42.6 Å². The van der Waals surface area contributed by atoms with Gasteiger partial charge in [-0.15, -0.1) is 0 Å². The molecule has 31 heavy (non-hydrogen) atoms. The van der Waals surface area contributed by atoms with Crippen molar-refractivity contribution >= 4 is 17.4 Å². The molecule has 0 N–H and O–H groups in total. The highest BCUT2D eigenvalue weighted by Gasteiger charge is 2.16. The number of hydrogen-bond donors (Lipinski definition) is 0. The quantitative estimate of drug-likeness (QED) is 0.532. The second-order valence-corrected chi connectivity index (χ2v) is 6.91. The number of anilines is 1. The third kappa shape index (κ3) is 4.50. The van der Waals surface area contributed by atoms with E-state index < -0.39 is 5.97 Å². The maximum absolute atomic E-state index is 12.3. The number of methoxy groups -OCH3 is 2. The minimum atomic E-state index is -0.474. The number of hydrazone groups is 1. The Bertz CT molecular complexity index is 1110. The molecule has 0 radical (unpaired) electrons. The fourth-order valence-corrected chi connectivity index (χ4v) is 3.15. The van der Waals surface area contributed by atoms with Crippen molar-refractivity contribution in [3.63, 3.8) is 0 Å². The number of carbonyl (C=O) groups excluding carboxylic acids is 1. The molecule has 2 aromatic carbocycles. The van der Waals surface area contributed by atoms with E-state index in [2.05, 4.69) is 15.2 Å². The molecule has 3 aromatic rings. The van der Waals surface area contributed by atoms with Gasteiger partial charge < -0.3 is 18.7 Å². The molecule has 0 saturated carbocycles. The van der Waals surface area contributed by atoms with Gasteiger partial charge in [0.15, 0.2) is 18.1 Å². The number of benzene rings is 2. The first kappa shape index (κ1) is 20.4. The molecule has 0 atom stereocenters. The van der Waals surface area contributed by atoms with Crippen molar-refractivity contribution in [2.24, 2.45) is 5.10 Å². The summed E-state index contributed by atoms with van der Waals surface area (Å²) in [6.07, 6.45) is 0.944. The zero-order valence-corrected chi connectivity index (χ0v) is 17.5. The van der Waals surface area contributed by atoms with Gasteiger partial charge in [-0.1, -0.05) is 5.16 Å². The Morgan fingerprint density at radius 1 is 1.10 bits per heavy atom. The zero-order chi connectivity index (χ0) is 21.8. The van der Waals surface area contributed by atoms with Gasteiger partial charge in [-0.2, -0.15) is 10.1 Å². The van der Waals surface area contributed by atoms with Gasteiger partial charge in [0.25, 0.3) is 5.89 Å². The minimum absolute atomic E-state index is 0.128. The van der Waals surface area contributed by atoms with E-state index in [1.165, 1.54) is 0 Å². The van der Waals surface area contributed by atoms with Crippen LogP contribution in [0.3, 0.4) is 0 Å². The molecule has 9 heteroatoms. The first-order chi connectivity index (χ1) is 15.1. The van der Waals surface area contributed by atoms with Gasteiger partial charge in [0.1, 0.15) is 0 Å². The monoisotopic (exact) mass is 422 g/mol. The van der Waals surface area contributed by atoms with Gasteiger partial charge in [0.05, 0.1) is 25.5 Å². The smallest absolute Gasteiger partial charge is 0.338 e. The SMILES string of the molecule is COc1ccc(-c2noc(COC(=O)c3ccc(N4CCC(C)=N4)cc3)n2)cc1OC. The van der Waals surface area contributed by atoms with Crippen LogP contribution in [0.1, 0.15) is 29.6 Å². The highest BCUT2D eigenvalue weighted by molar-refractivity contribution is 5.90. The molecule has 9 nitrogen and oxygen atoms in total. The summed E-state index contributed by atoms with van der Waals surface area (Å²) in [5.74, 6) is 1.23. The van der Waals surface area contributed by atoms with Gasteiger partial charge in [-0.3, -0.25) is 5.01 Å². The van der Waals surface area contributed by atoms with E-state index in [4.69, 9.17) is 18.7 Å². The van der Waals surface area contributed by atoms with Crippen molar-refractivity contribution in [2.45, 2.75) is 20.0 Å². The average Bonchev–Trinajstić information content (AvgIpc) is 3.46. The molecule has 0 fully saturated rings. The fraction of sp³-hybridized carbons (Fsp3) is 0.273. The number of rotatable bonds is 7. The summed E-state index contributed by atoms with van der Waals surface area (Å²) in [6.45, 7) is 2.71. The summed E-state index contributed by atoms with van der Waals surface area (Å²) >= 11 is 0. The normalized spacial score (nSPS) is 13.1. The molecular weight excluding hydrogens is 400 g/mol. The predicted molar refractivity (Wildman–Crippen MR) is 113 cm³/mol. The standard InChI is InChI=1S/C22H22N4O5/c1-14-10-11-26(24-14)17-7-4-15(5-8-17)22(27)30-13-20-23-21(25-31-20)16-6-9-18(28-2)19(12-16)29-3/h4-9,12H,10-11,13H2,1-3H3. The molecule has 160 valence electrons. The summed E-state index contributed by atoms with van der Waals surface area (Å²) in [7, 11) is 3.11.